The van der Waals surface area contributed by atoms with Crippen molar-refractivity contribution < 1.29 is 14.3 Å². The van der Waals surface area contributed by atoms with Gasteiger partial charge in [-0.1, -0.05) is 18.2 Å². The van der Waals surface area contributed by atoms with Gasteiger partial charge in [-0.25, -0.2) is 0 Å². The number of primary amides is 1. The van der Waals surface area contributed by atoms with Crippen LogP contribution in [0.15, 0.2) is 36.4 Å². The van der Waals surface area contributed by atoms with Crippen molar-refractivity contribution in [1.82, 2.24) is 5.32 Å². The third kappa shape index (κ3) is 4.52. The van der Waals surface area contributed by atoms with Crippen LogP contribution in [-0.2, 0) is 6.42 Å². The average molecular weight is 369 g/mol. The maximum absolute atomic E-state index is 12.0. The maximum atomic E-state index is 12.0. The molecule has 0 radical (unpaired) electrons. The number of para-hydroxylation sites is 1. The number of nitrogens with two attached hydrogens (primary N) is 1. The highest BCUT2D eigenvalue weighted by atomic mass is 16.5. The fraction of sp³-hybridized carbons (Fsp3) is 0.381. The number of ether oxygens (including phenoxy) is 2. The predicted molar refractivity (Wildman–Crippen MR) is 107 cm³/mol. The lowest BCUT2D eigenvalue weighted by molar-refractivity contribution is 0.100. The first kappa shape index (κ1) is 19.0. The molecule has 0 spiro atoms. The van der Waals surface area contributed by atoms with Crippen LogP contribution in [0, 0.1) is 0 Å². The molecule has 1 aliphatic heterocycles. The monoisotopic (exact) mass is 369 g/mol. The highest BCUT2D eigenvalue weighted by Gasteiger charge is 2.19. The molecule has 3 rings (SSSR count). The van der Waals surface area contributed by atoms with Crippen molar-refractivity contribution in [2.24, 2.45) is 5.73 Å². The van der Waals surface area contributed by atoms with E-state index >= 15 is 0 Å². The zero-order valence-electron chi connectivity index (χ0n) is 15.9. The summed E-state index contributed by atoms with van der Waals surface area (Å²) in [5.41, 5.74) is 9.12. The molecule has 6 nitrogen and oxygen atoms in total. The molecule has 1 heterocycles. The molecular formula is C21H27N3O3. The Labute approximate surface area is 160 Å². The second kappa shape index (κ2) is 8.77. The van der Waals surface area contributed by atoms with E-state index in [2.05, 4.69) is 10.6 Å². The molecule has 1 saturated heterocycles. The van der Waals surface area contributed by atoms with E-state index in [0.717, 1.165) is 42.7 Å². The van der Waals surface area contributed by atoms with Gasteiger partial charge in [0, 0.05) is 6.04 Å². The van der Waals surface area contributed by atoms with E-state index in [-0.39, 0.29) is 0 Å². The Balaban J connectivity index is 1.92. The Bertz CT molecular complexity index is 801. The summed E-state index contributed by atoms with van der Waals surface area (Å²) in [5.74, 6) is 0.967. The lowest BCUT2D eigenvalue weighted by Crippen LogP contribution is -2.36. The molecule has 4 N–H and O–H groups in total. The van der Waals surface area contributed by atoms with Crippen molar-refractivity contribution in [3.8, 4) is 11.5 Å². The quantitative estimate of drug-likeness (QED) is 0.698. The van der Waals surface area contributed by atoms with Gasteiger partial charge >= 0.3 is 0 Å². The van der Waals surface area contributed by atoms with Gasteiger partial charge < -0.3 is 25.8 Å². The van der Waals surface area contributed by atoms with Crippen LogP contribution in [0.1, 0.15) is 34.3 Å². The summed E-state index contributed by atoms with van der Waals surface area (Å²) in [7, 11) is 3.24. The standard InChI is InChI=1S/C21H27N3O3/c1-26-18-7-6-14(13-19(18)27-2)12-15-4-3-5-17(21(22)25)20(15)24-16-8-10-23-11-9-16/h3-7,13,16,23-24H,8-12H2,1-2H3,(H2,22,25). The van der Waals surface area contributed by atoms with Gasteiger partial charge in [-0.2, -0.15) is 0 Å². The minimum atomic E-state index is -0.416. The van der Waals surface area contributed by atoms with Crippen LogP contribution in [0.3, 0.4) is 0 Å². The number of carbonyl (C=O) groups is 1. The topological polar surface area (TPSA) is 85.6 Å². The number of hydrogen-bond acceptors (Lipinski definition) is 5. The molecule has 0 atom stereocenters. The molecule has 27 heavy (non-hydrogen) atoms. The molecule has 0 unspecified atom stereocenters. The largest absolute Gasteiger partial charge is 0.493 e. The third-order valence-corrected chi connectivity index (χ3v) is 4.95. The van der Waals surface area contributed by atoms with E-state index in [1.165, 1.54) is 0 Å². The van der Waals surface area contributed by atoms with E-state index in [4.69, 9.17) is 15.2 Å². The maximum Gasteiger partial charge on any atom is 0.250 e. The van der Waals surface area contributed by atoms with Gasteiger partial charge in [0.2, 0.25) is 0 Å². The highest BCUT2D eigenvalue weighted by molar-refractivity contribution is 5.99. The average Bonchev–Trinajstić information content (AvgIpc) is 2.69. The van der Waals surface area contributed by atoms with Crippen LogP contribution in [-0.4, -0.2) is 39.3 Å². The number of carbonyl (C=O) groups excluding carboxylic acids is 1. The Morgan fingerprint density at radius 2 is 1.89 bits per heavy atom. The summed E-state index contributed by atoms with van der Waals surface area (Å²) in [4.78, 5) is 12.0. The summed E-state index contributed by atoms with van der Waals surface area (Å²) in [5, 5.41) is 6.93. The molecule has 2 aromatic carbocycles. The van der Waals surface area contributed by atoms with Crippen molar-refractivity contribution in [2.75, 3.05) is 32.6 Å². The number of piperidine rings is 1. The smallest absolute Gasteiger partial charge is 0.250 e. The van der Waals surface area contributed by atoms with E-state index in [9.17, 15) is 4.79 Å². The molecular weight excluding hydrogens is 342 g/mol. The summed E-state index contributed by atoms with van der Waals surface area (Å²) in [6.45, 7) is 1.95. The first-order valence-electron chi connectivity index (χ1n) is 9.22. The molecule has 0 bridgehead atoms. The molecule has 6 heteroatoms. The number of benzene rings is 2. The lowest BCUT2D eigenvalue weighted by atomic mass is 9.97. The van der Waals surface area contributed by atoms with Crippen molar-refractivity contribution >= 4 is 11.6 Å². The van der Waals surface area contributed by atoms with Crippen molar-refractivity contribution in [3.05, 3.63) is 53.1 Å². The SMILES string of the molecule is COc1ccc(Cc2cccc(C(N)=O)c2NC2CCNCC2)cc1OC. The van der Waals surface area contributed by atoms with Crippen LogP contribution in [0.4, 0.5) is 5.69 Å². The van der Waals surface area contributed by atoms with E-state index < -0.39 is 5.91 Å². The minimum Gasteiger partial charge on any atom is -0.493 e. The molecule has 1 aliphatic rings. The Morgan fingerprint density at radius 1 is 1.15 bits per heavy atom. The van der Waals surface area contributed by atoms with Crippen LogP contribution in [0.2, 0.25) is 0 Å². The number of amides is 1. The molecule has 144 valence electrons. The number of rotatable bonds is 7. The molecule has 0 aliphatic carbocycles. The molecule has 0 saturated carbocycles. The van der Waals surface area contributed by atoms with Gasteiger partial charge in [0.25, 0.3) is 5.91 Å². The zero-order valence-corrected chi connectivity index (χ0v) is 15.9. The number of methoxy groups -OCH3 is 2. The first-order chi connectivity index (χ1) is 13.1. The van der Waals surface area contributed by atoms with Crippen LogP contribution in [0.5, 0.6) is 11.5 Å². The van der Waals surface area contributed by atoms with Crippen molar-refractivity contribution in [2.45, 2.75) is 25.3 Å². The lowest BCUT2D eigenvalue weighted by Gasteiger charge is -2.27. The predicted octanol–water partition coefficient (Wildman–Crippen LogP) is 2.56. The molecule has 0 aromatic heterocycles. The number of hydrogen-bond donors (Lipinski definition) is 3. The molecule has 1 fully saturated rings. The van der Waals surface area contributed by atoms with E-state index in [0.29, 0.717) is 29.5 Å². The summed E-state index contributed by atoms with van der Waals surface area (Å²) in [6.07, 6.45) is 2.70. The van der Waals surface area contributed by atoms with Gasteiger partial charge in [-0.05, 0) is 61.7 Å². The van der Waals surface area contributed by atoms with Crippen LogP contribution in [0.25, 0.3) is 0 Å². The summed E-state index contributed by atoms with van der Waals surface area (Å²) in [6, 6.07) is 11.9. The normalized spacial score (nSPS) is 14.6. The fourth-order valence-electron chi connectivity index (χ4n) is 3.50. The zero-order chi connectivity index (χ0) is 19.2. The van der Waals surface area contributed by atoms with E-state index in [1.807, 2.05) is 30.3 Å². The highest BCUT2D eigenvalue weighted by Crippen LogP contribution is 2.31. The Morgan fingerprint density at radius 3 is 2.56 bits per heavy atom. The van der Waals surface area contributed by atoms with Crippen molar-refractivity contribution in [3.63, 3.8) is 0 Å². The Hall–Kier alpha value is -2.73. The van der Waals surface area contributed by atoms with Gasteiger partial charge in [0.15, 0.2) is 11.5 Å². The number of nitrogens with one attached hydrogen (secondary N) is 2. The van der Waals surface area contributed by atoms with Crippen molar-refractivity contribution in [1.29, 1.82) is 0 Å². The Kier molecular flexibility index (Phi) is 6.19. The van der Waals surface area contributed by atoms with Gasteiger partial charge in [-0.15, -0.1) is 0 Å². The van der Waals surface area contributed by atoms with Gasteiger partial charge in [0.05, 0.1) is 25.5 Å². The first-order valence-corrected chi connectivity index (χ1v) is 9.22. The summed E-state index contributed by atoms with van der Waals surface area (Å²) >= 11 is 0. The second-order valence-electron chi connectivity index (χ2n) is 6.74. The number of anilines is 1. The minimum absolute atomic E-state index is 0.330. The molecule has 2 aromatic rings. The van der Waals surface area contributed by atoms with Crippen LogP contribution >= 0.6 is 0 Å². The van der Waals surface area contributed by atoms with Gasteiger partial charge in [-0.3, -0.25) is 4.79 Å². The van der Waals surface area contributed by atoms with E-state index in [1.54, 1.807) is 20.3 Å². The van der Waals surface area contributed by atoms with Crippen LogP contribution < -0.4 is 25.8 Å². The third-order valence-electron chi connectivity index (χ3n) is 4.95. The fourth-order valence-corrected chi connectivity index (χ4v) is 3.50. The molecule has 1 amide bonds. The second-order valence-corrected chi connectivity index (χ2v) is 6.74. The summed E-state index contributed by atoms with van der Waals surface area (Å²) < 4.78 is 10.7. The van der Waals surface area contributed by atoms with Gasteiger partial charge in [0.1, 0.15) is 0 Å².